The van der Waals surface area contributed by atoms with Crippen molar-refractivity contribution in [3.8, 4) is 27.6 Å². The second-order valence-electron chi connectivity index (χ2n) is 8.43. The van der Waals surface area contributed by atoms with E-state index in [9.17, 15) is 14.4 Å². The van der Waals surface area contributed by atoms with Crippen LogP contribution in [0.4, 0.5) is 10.5 Å². The molecule has 0 saturated carbocycles. The topological polar surface area (TPSA) is 112 Å². The van der Waals surface area contributed by atoms with Crippen LogP contribution in [-0.4, -0.2) is 34.0 Å². The van der Waals surface area contributed by atoms with E-state index in [0.29, 0.717) is 38.2 Å². The zero-order valence-electron chi connectivity index (χ0n) is 20.2. The lowest BCUT2D eigenvalue weighted by molar-refractivity contribution is -0.117. The normalized spacial score (nSPS) is 11.9. The fourth-order valence-electron chi connectivity index (χ4n) is 4.04. The van der Waals surface area contributed by atoms with Gasteiger partial charge in [0.05, 0.1) is 16.8 Å². The van der Waals surface area contributed by atoms with Crippen LogP contribution in [0.3, 0.4) is 0 Å². The first-order chi connectivity index (χ1) is 19.0. The number of nitrogens with one attached hydrogen (secondary N) is 2. The molecule has 1 aliphatic rings. The largest absolute Gasteiger partial charge is 0.454 e. The van der Waals surface area contributed by atoms with Crippen LogP contribution in [0.15, 0.2) is 94.9 Å². The molecule has 5 aromatic rings. The second kappa shape index (κ2) is 10.6. The summed E-state index contributed by atoms with van der Waals surface area (Å²) >= 11 is 2.49. The minimum Gasteiger partial charge on any atom is -0.454 e. The molecule has 3 heterocycles. The van der Waals surface area contributed by atoms with E-state index in [0.717, 1.165) is 22.2 Å². The molecule has 0 aliphatic carbocycles. The molecule has 3 amide bonds. The van der Waals surface area contributed by atoms with Crippen LogP contribution in [0.25, 0.3) is 26.3 Å². The Kier molecular flexibility index (Phi) is 6.74. The van der Waals surface area contributed by atoms with E-state index in [1.165, 1.54) is 15.9 Å². The van der Waals surface area contributed by atoms with Crippen molar-refractivity contribution in [1.82, 2.24) is 14.9 Å². The molecule has 39 heavy (non-hydrogen) atoms. The van der Waals surface area contributed by atoms with Crippen molar-refractivity contribution >= 4 is 50.9 Å². The molecule has 2 N–H and O–H groups in total. The number of imide groups is 1. The van der Waals surface area contributed by atoms with Crippen LogP contribution in [0.1, 0.15) is 0 Å². The van der Waals surface area contributed by atoms with E-state index in [1.54, 1.807) is 18.2 Å². The Morgan fingerprint density at radius 1 is 0.949 bits per heavy atom. The minimum atomic E-state index is -0.686. The zero-order chi connectivity index (χ0) is 26.8. The summed E-state index contributed by atoms with van der Waals surface area (Å²) in [6, 6.07) is 25.0. The number of hydrogen-bond donors (Lipinski definition) is 2. The van der Waals surface area contributed by atoms with Crippen LogP contribution in [-0.2, 0) is 4.79 Å². The second-order valence-corrected chi connectivity index (χ2v) is 10.4. The lowest BCUT2D eigenvalue weighted by Gasteiger charge is -2.12. The first-order valence-corrected chi connectivity index (χ1v) is 13.7. The minimum absolute atomic E-state index is 0.119. The first kappa shape index (κ1) is 24.7. The van der Waals surface area contributed by atoms with Gasteiger partial charge < -0.3 is 14.8 Å². The number of fused-ring (bicyclic) bond motifs is 2. The summed E-state index contributed by atoms with van der Waals surface area (Å²) in [5.41, 5.74) is 1.85. The van der Waals surface area contributed by atoms with Gasteiger partial charge in [-0.3, -0.25) is 19.5 Å². The summed E-state index contributed by atoms with van der Waals surface area (Å²) < 4.78 is 12.1. The summed E-state index contributed by atoms with van der Waals surface area (Å²) in [4.78, 5) is 44.9. The highest BCUT2D eigenvalue weighted by molar-refractivity contribution is 7.99. The predicted octanol–water partition coefficient (Wildman–Crippen LogP) is 5.28. The fraction of sp³-hybridized carbons (Fsp3) is 0.0714. The van der Waals surface area contributed by atoms with Gasteiger partial charge in [-0.05, 0) is 35.9 Å². The lowest BCUT2D eigenvalue weighted by atomic mass is 10.2. The number of thioether (sulfide) groups is 1. The highest BCUT2D eigenvalue weighted by Gasteiger charge is 2.19. The lowest BCUT2D eigenvalue weighted by Crippen LogP contribution is -2.35. The molecule has 0 atom stereocenters. The van der Waals surface area contributed by atoms with Crippen molar-refractivity contribution in [2.24, 2.45) is 0 Å². The summed E-state index contributed by atoms with van der Waals surface area (Å²) in [6.07, 6.45) is 0. The van der Waals surface area contributed by atoms with E-state index < -0.39 is 11.9 Å². The van der Waals surface area contributed by atoms with E-state index in [-0.39, 0.29) is 18.1 Å². The van der Waals surface area contributed by atoms with Crippen LogP contribution in [0.2, 0.25) is 0 Å². The highest BCUT2D eigenvalue weighted by atomic mass is 32.2. The van der Waals surface area contributed by atoms with Crippen molar-refractivity contribution in [2.75, 3.05) is 17.9 Å². The molecule has 0 radical (unpaired) electrons. The number of anilines is 1. The Morgan fingerprint density at radius 2 is 1.69 bits per heavy atom. The van der Waals surface area contributed by atoms with E-state index in [4.69, 9.17) is 14.5 Å². The van der Waals surface area contributed by atoms with Crippen LogP contribution >= 0.6 is 23.1 Å². The SMILES string of the molecule is O=C(CSc1nc2sc(-c3ccccc3)cc2c(=O)n1-c1ccccc1)NC(=O)Nc1ccc2c(c1)OCO2. The summed E-state index contributed by atoms with van der Waals surface area (Å²) in [6.45, 7) is 0.119. The number of thiophene rings is 1. The van der Waals surface area contributed by atoms with Crippen LogP contribution < -0.4 is 25.7 Å². The average Bonchev–Trinajstić information content (AvgIpc) is 3.60. The number of para-hydroxylation sites is 1. The summed E-state index contributed by atoms with van der Waals surface area (Å²) in [5.74, 6) is 0.433. The molecule has 0 spiro atoms. The summed E-state index contributed by atoms with van der Waals surface area (Å²) in [5, 5.41) is 5.77. The number of nitrogens with zero attached hydrogens (tertiary/aromatic N) is 2. The first-order valence-electron chi connectivity index (χ1n) is 11.9. The molecule has 2 aromatic heterocycles. The summed E-state index contributed by atoms with van der Waals surface area (Å²) in [7, 11) is 0. The Bertz CT molecular complexity index is 1750. The molecule has 1 aliphatic heterocycles. The van der Waals surface area contributed by atoms with E-state index >= 15 is 0 Å². The van der Waals surface area contributed by atoms with Crippen molar-refractivity contribution in [2.45, 2.75) is 5.16 Å². The van der Waals surface area contributed by atoms with Gasteiger partial charge in [-0.1, -0.05) is 60.3 Å². The molecule has 6 rings (SSSR count). The van der Waals surface area contributed by atoms with Gasteiger partial charge in [0, 0.05) is 16.6 Å². The molecule has 9 nitrogen and oxygen atoms in total. The smallest absolute Gasteiger partial charge is 0.325 e. The number of urea groups is 1. The average molecular weight is 557 g/mol. The Morgan fingerprint density at radius 3 is 2.49 bits per heavy atom. The Balaban J connectivity index is 1.23. The Labute approximate surface area is 230 Å². The van der Waals surface area contributed by atoms with Crippen molar-refractivity contribution in [1.29, 1.82) is 0 Å². The molecule has 0 fully saturated rings. The van der Waals surface area contributed by atoms with Crippen molar-refractivity contribution in [3.63, 3.8) is 0 Å². The zero-order valence-corrected chi connectivity index (χ0v) is 21.9. The van der Waals surface area contributed by atoms with Gasteiger partial charge in [0.1, 0.15) is 4.83 Å². The number of carbonyl (C=O) groups excluding carboxylic acids is 2. The van der Waals surface area contributed by atoms with Gasteiger partial charge in [0.15, 0.2) is 16.7 Å². The third-order valence-corrected chi connectivity index (χ3v) is 7.84. The monoisotopic (exact) mass is 556 g/mol. The predicted molar refractivity (Wildman–Crippen MR) is 151 cm³/mol. The molecule has 3 aromatic carbocycles. The molecule has 194 valence electrons. The number of benzene rings is 3. The molecule has 0 bridgehead atoms. The molecule has 11 heteroatoms. The van der Waals surface area contributed by atoms with Gasteiger partial charge in [0.2, 0.25) is 12.7 Å². The number of carbonyl (C=O) groups is 2. The fourth-order valence-corrected chi connectivity index (χ4v) is 5.93. The van der Waals surface area contributed by atoms with Gasteiger partial charge in [0.25, 0.3) is 5.56 Å². The maximum absolute atomic E-state index is 13.6. The standard InChI is InChI=1S/C28H20N4O5S2/c33-24(30-27(35)29-18-11-12-21-22(13-18)37-16-36-21)15-38-28-31-25-20(14-23(39-25)17-7-3-1-4-8-17)26(34)32(28)19-9-5-2-6-10-19/h1-14H,15-16H2,(H2,29,30,33,35). The highest BCUT2D eigenvalue weighted by Crippen LogP contribution is 2.34. The molecular weight excluding hydrogens is 536 g/mol. The van der Waals surface area contributed by atoms with Gasteiger partial charge in [-0.15, -0.1) is 11.3 Å². The maximum atomic E-state index is 13.6. The Hall–Kier alpha value is -4.61. The number of aromatic nitrogens is 2. The van der Waals surface area contributed by atoms with E-state index in [2.05, 4.69) is 10.6 Å². The van der Waals surface area contributed by atoms with Crippen LogP contribution in [0.5, 0.6) is 11.5 Å². The third-order valence-electron chi connectivity index (χ3n) is 5.82. The van der Waals surface area contributed by atoms with Crippen molar-refractivity contribution in [3.05, 3.63) is 95.3 Å². The van der Waals surface area contributed by atoms with Crippen LogP contribution in [0, 0.1) is 0 Å². The number of hydrogen-bond acceptors (Lipinski definition) is 8. The maximum Gasteiger partial charge on any atom is 0.325 e. The van der Waals surface area contributed by atoms with Gasteiger partial charge in [-0.2, -0.15) is 0 Å². The quantitative estimate of drug-likeness (QED) is 0.216. The number of amides is 3. The molecule has 0 saturated heterocycles. The van der Waals surface area contributed by atoms with Crippen molar-refractivity contribution < 1.29 is 19.1 Å². The van der Waals surface area contributed by atoms with E-state index in [1.807, 2.05) is 66.7 Å². The molecular formula is C28H20N4O5S2. The molecule has 0 unspecified atom stereocenters. The van der Waals surface area contributed by atoms with Gasteiger partial charge >= 0.3 is 6.03 Å². The number of rotatable bonds is 6. The number of ether oxygens (including phenoxy) is 2. The van der Waals surface area contributed by atoms with Gasteiger partial charge in [-0.25, -0.2) is 9.78 Å². The third kappa shape index (κ3) is 5.22.